The summed E-state index contributed by atoms with van der Waals surface area (Å²) in [6, 6.07) is 18.3. The smallest absolute Gasteiger partial charge is 0.324 e. The molecule has 0 heterocycles. The number of rotatable bonds is 4. The molecule has 0 bridgehead atoms. The fraction of sp³-hybridized carbons (Fsp3) is 0.133. The second-order valence-corrected chi connectivity index (χ2v) is 4.05. The Morgan fingerprint density at radius 2 is 1.56 bits per heavy atom. The summed E-state index contributed by atoms with van der Waals surface area (Å²) in [6.45, 7) is 0. The quantitative estimate of drug-likeness (QED) is 0.837. The van der Waals surface area contributed by atoms with E-state index in [-0.39, 0.29) is 5.97 Å². The molecule has 0 saturated heterocycles. The summed E-state index contributed by atoms with van der Waals surface area (Å²) in [7, 11) is 0. The maximum absolute atomic E-state index is 10.9. The van der Waals surface area contributed by atoms with Crippen molar-refractivity contribution in [3.05, 3.63) is 60.2 Å². The van der Waals surface area contributed by atoms with Crippen LogP contribution in [0.25, 0.3) is 11.1 Å². The van der Waals surface area contributed by atoms with Gasteiger partial charge in [-0.25, -0.2) is 0 Å². The minimum Gasteiger partial charge on any atom is -0.373 e. The number of carbonyl (C=O) groups excluding carboxylic acids is 1. The lowest BCUT2D eigenvalue weighted by molar-refractivity contribution is -0.144. The van der Waals surface area contributed by atoms with Crippen molar-refractivity contribution in [1.29, 1.82) is 0 Å². The molecule has 0 fully saturated rings. The molecule has 2 rings (SSSR count). The lowest BCUT2D eigenvalue weighted by Crippen LogP contribution is -2.10. The topological polar surface area (TPSA) is 52.3 Å². The molecule has 2 N–H and O–H groups in total. The summed E-state index contributed by atoms with van der Waals surface area (Å²) < 4.78 is 0. The maximum Gasteiger partial charge on any atom is 0.324 e. The molecule has 0 radical (unpaired) electrons. The van der Waals surface area contributed by atoms with Crippen LogP contribution in [0.15, 0.2) is 54.6 Å². The van der Waals surface area contributed by atoms with Crippen molar-refractivity contribution in [2.75, 3.05) is 0 Å². The van der Waals surface area contributed by atoms with Crippen molar-refractivity contribution in [2.45, 2.75) is 12.8 Å². The van der Waals surface area contributed by atoms with Gasteiger partial charge in [-0.3, -0.25) is 4.79 Å². The zero-order chi connectivity index (χ0) is 12.8. The van der Waals surface area contributed by atoms with Gasteiger partial charge in [-0.05, 0) is 23.1 Å². The first kappa shape index (κ1) is 12.3. The lowest BCUT2D eigenvalue weighted by Gasteiger charge is -2.04. The zero-order valence-corrected chi connectivity index (χ0v) is 10.0. The van der Waals surface area contributed by atoms with Gasteiger partial charge in [0.2, 0.25) is 0 Å². The van der Waals surface area contributed by atoms with E-state index in [1.807, 2.05) is 30.3 Å². The minimum atomic E-state index is -0.387. The molecule has 0 unspecified atom stereocenters. The van der Waals surface area contributed by atoms with E-state index in [0.29, 0.717) is 12.8 Å². The van der Waals surface area contributed by atoms with Crippen LogP contribution in [0.2, 0.25) is 0 Å². The van der Waals surface area contributed by atoms with Gasteiger partial charge in [0.25, 0.3) is 0 Å². The minimum absolute atomic E-state index is 0.307. The molecule has 0 amide bonds. The molecule has 0 aromatic heterocycles. The molecule has 92 valence electrons. The van der Waals surface area contributed by atoms with Gasteiger partial charge < -0.3 is 4.84 Å². The molecule has 18 heavy (non-hydrogen) atoms. The molecular formula is C15H15NO2. The highest BCUT2D eigenvalue weighted by molar-refractivity contribution is 5.69. The van der Waals surface area contributed by atoms with Crippen LogP contribution in [0.4, 0.5) is 0 Å². The average molecular weight is 241 g/mol. The Hall–Kier alpha value is -2.13. The van der Waals surface area contributed by atoms with Crippen LogP contribution in [0.3, 0.4) is 0 Å². The van der Waals surface area contributed by atoms with Crippen molar-refractivity contribution in [1.82, 2.24) is 0 Å². The maximum atomic E-state index is 10.9. The fourth-order valence-corrected chi connectivity index (χ4v) is 1.80. The first-order valence-electron chi connectivity index (χ1n) is 5.83. The van der Waals surface area contributed by atoms with Crippen molar-refractivity contribution in [3.63, 3.8) is 0 Å². The fourth-order valence-electron chi connectivity index (χ4n) is 1.80. The molecule has 0 aliphatic carbocycles. The Kier molecular flexibility index (Phi) is 4.10. The van der Waals surface area contributed by atoms with Gasteiger partial charge in [0.05, 0.1) is 6.42 Å². The Balaban J connectivity index is 2.04. The van der Waals surface area contributed by atoms with E-state index in [9.17, 15) is 4.79 Å². The van der Waals surface area contributed by atoms with Crippen LogP contribution in [0.5, 0.6) is 0 Å². The van der Waals surface area contributed by atoms with E-state index in [2.05, 4.69) is 29.1 Å². The molecule has 0 saturated carbocycles. The molecule has 2 aromatic rings. The predicted octanol–water partition coefficient (Wildman–Crippen LogP) is 2.70. The summed E-state index contributed by atoms with van der Waals surface area (Å²) in [4.78, 5) is 15.1. The number of nitrogens with two attached hydrogens (primary N) is 1. The highest BCUT2D eigenvalue weighted by Gasteiger charge is 2.02. The van der Waals surface area contributed by atoms with Gasteiger partial charge in [0.1, 0.15) is 0 Å². The highest BCUT2D eigenvalue weighted by atomic mass is 16.7. The van der Waals surface area contributed by atoms with Gasteiger partial charge in [-0.2, -0.15) is 5.90 Å². The van der Waals surface area contributed by atoms with Crippen LogP contribution in [-0.4, -0.2) is 5.97 Å². The summed E-state index contributed by atoms with van der Waals surface area (Å²) in [5.41, 5.74) is 3.45. The van der Waals surface area contributed by atoms with Gasteiger partial charge in [0.15, 0.2) is 0 Å². The van der Waals surface area contributed by atoms with Crippen LogP contribution in [-0.2, 0) is 16.1 Å². The molecule has 0 aliphatic heterocycles. The van der Waals surface area contributed by atoms with Crippen molar-refractivity contribution >= 4 is 5.97 Å². The average Bonchev–Trinajstić information content (AvgIpc) is 2.46. The van der Waals surface area contributed by atoms with E-state index in [1.165, 1.54) is 11.1 Å². The van der Waals surface area contributed by atoms with Crippen LogP contribution in [0.1, 0.15) is 12.0 Å². The van der Waals surface area contributed by atoms with Gasteiger partial charge in [-0.1, -0.05) is 54.6 Å². The Labute approximate surface area is 106 Å². The van der Waals surface area contributed by atoms with Gasteiger partial charge >= 0.3 is 5.97 Å². The van der Waals surface area contributed by atoms with Gasteiger partial charge in [0, 0.05) is 0 Å². The van der Waals surface area contributed by atoms with E-state index in [4.69, 9.17) is 5.90 Å². The third-order valence-corrected chi connectivity index (χ3v) is 2.81. The van der Waals surface area contributed by atoms with Crippen molar-refractivity contribution in [3.8, 4) is 11.1 Å². The Morgan fingerprint density at radius 3 is 2.17 bits per heavy atom. The number of hydrogen-bond donors (Lipinski definition) is 1. The SMILES string of the molecule is NOC(=O)CCc1ccc(-c2ccccc2)cc1. The number of benzene rings is 2. The largest absolute Gasteiger partial charge is 0.373 e. The molecular weight excluding hydrogens is 226 g/mol. The Morgan fingerprint density at radius 1 is 0.944 bits per heavy atom. The number of carbonyl (C=O) groups is 1. The third-order valence-electron chi connectivity index (χ3n) is 2.81. The molecule has 3 heteroatoms. The van der Waals surface area contributed by atoms with Crippen molar-refractivity contribution in [2.24, 2.45) is 5.90 Å². The zero-order valence-electron chi connectivity index (χ0n) is 10.0. The summed E-state index contributed by atoms with van der Waals surface area (Å²) in [5.74, 6) is 4.40. The predicted molar refractivity (Wildman–Crippen MR) is 70.5 cm³/mol. The van der Waals surface area contributed by atoms with E-state index < -0.39 is 0 Å². The standard InChI is InChI=1S/C15H15NO2/c16-18-15(17)11-8-12-6-9-14(10-7-12)13-4-2-1-3-5-13/h1-7,9-10H,8,11,16H2. The van der Waals surface area contributed by atoms with Crippen LogP contribution < -0.4 is 5.90 Å². The first-order valence-corrected chi connectivity index (χ1v) is 5.83. The number of aryl methyl sites for hydroxylation is 1. The van der Waals surface area contributed by atoms with Crippen LogP contribution >= 0.6 is 0 Å². The highest BCUT2D eigenvalue weighted by Crippen LogP contribution is 2.19. The van der Waals surface area contributed by atoms with E-state index in [0.717, 1.165) is 5.56 Å². The van der Waals surface area contributed by atoms with E-state index in [1.54, 1.807) is 0 Å². The molecule has 2 aromatic carbocycles. The normalized spacial score (nSPS) is 10.1. The molecule has 0 spiro atoms. The van der Waals surface area contributed by atoms with Crippen molar-refractivity contribution < 1.29 is 9.63 Å². The van der Waals surface area contributed by atoms with E-state index >= 15 is 0 Å². The molecule has 0 atom stereocenters. The van der Waals surface area contributed by atoms with Crippen LogP contribution in [0, 0.1) is 0 Å². The summed E-state index contributed by atoms with van der Waals surface area (Å²) in [6.07, 6.45) is 0.951. The Bertz CT molecular complexity index is 506. The first-order chi connectivity index (χ1) is 8.79. The molecule has 0 aliphatic rings. The number of hydrogen-bond acceptors (Lipinski definition) is 3. The van der Waals surface area contributed by atoms with Gasteiger partial charge in [-0.15, -0.1) is 0 Å². The second kappa shape index (κ2) is 5.98. The monoisotopic (exact) mass is 241 g/mol. The lowest BCUT2D eigenvalue weighted by atomic mass is 10.0. The molecule has 3 nitrogen and oxygen atoms in total. The third kappa shape index (κ3) is 3.18. The second-order valence-electron chi connectivity index (χ2n) is 4.05. The summed E-state index contributed by atoms with van der Waals surface area (Å²) >= 11 is 0. The summed E-state index contributed by atoms with van der Waals surface area (Å²) in [5, 5.41) is 0.